The van der Waals surface area contributed by atoms with Gasteiger partial charge in [-0.05, 0) is 18.2 Å². The van der Waals surface area contributed by atoms with Crippen molar-refractivity contribution in [3.05, 3.63) is 70.3 Å². The van der Waals surface area contributed by atoms with Crippen LogP contribution in [-0.4, -0.2) is 29.1 Å². The van der Waals surface area contributed by atoms with E-state index < -0.39 is 20.9 Å². The lowest BCUT2D eigenvalue weighted by atomic mass is 9.83. The average Bonchev–Trinajstić information content (AvgIpc) is 2.59. The Hall–Kier alpha value is -2.73. The molecule has 2 N–H and O–H groups in total. The van der Waals surface area contributed by atoms with Crippen molar-refractivity contribution in [2.24, 2.45) is 0 Å². The van der Waals surface area contributed by atoms with Gasteiger partial charge in [0, 0.05) is 32.4 Å². The maximum Gasteiger partial charge on any atom is 0.696 e. The van der Waals surface area contributed by atoms with E-state index in [4.69, 9.17) is 4.89 Å². The monoisotopic (exact) mass is 344 g/mol. The number of nitrogens with one attached hydrogen (secondary N) is 1. The zero-order valence-electron chi connectivity index (χ0n) is 12.2. The Kier molecular flexibility index (Phi) is 4.31. The Morgan fingerprint density at radius 3 is 2.21 bits per heavy atom. The third kappa shape index (κ3) is 2.88. The normalized spacial score (nSPS) is 13.1. The quantitative estimate of drug-likeness (QED) is 0.552. The highest BCUT2D eigenvalue weighted by Gasteiger charge is 2.29. The molecule has 0 saturated carbocycles. The van der Waals surface area contributed by atoms with Gasteiger partial charge in [-0.1, -0.05) is 28.8 Å². The van der Waals surface area contributed by atoms with Crippen LogP contribution in [0.2, 0.25) is 0 Å². The van der Waals surface area contributed by atoms with Gasteiger partial charge in [-0.2, -0.15) is 0 Å². The molecular weight excluding hydrogens is 333 g/mol. The molecule has 2 aromatic rings. The summed E-state index contributed by atoms with van der Waals surface area (Å²) in [4.78, 5) is 45.5. The summed E-state index contributed by atoms with van der Waals surface area (Å²) in [6.45, 7) is -0.447. The highest BCUT2D eigenvalue weighted by Crippen LogP contribution is 2.27. The molecule has 0 saturated heterocycles. The summed E-state index contributed by atoms with van der Waals surface area (Å²) in [6.07, 6.45) is 0. The Bertz CT molecular complexity index is 892. The van der Waals surface area contributed by atoms with E-state index in [0.29, 0.717) is 11.1 Å². The van der Waals surface area contributed by atoms with Gasteiger partial charge < -0.3 is 5.32 Å². The molecule has 1 amide bonds. The van der Waals surface area contributed by atoms with Gasteiger partial charge in [0.15, 0.2) is 18.3 Å². The van der Waals surface area contributed by atoms with Gasteiger partial charge in [0.1, 0.15) is 0 Å². The maximum absolute atomic E-state index is 12.6. The lowest BCUT2D eigenvalue weighted by Crippen LogP contribution is -2.26. The van der Waals surface area contributed by atoms with E-state index in [1.807, 2.05) is 0 Å². The number of carbonyl (C=O) groups excluding carboxylic acids is 3. The van der Waals surface area contributed by atoms with Gasteiger partial charge in [-0.25, -0.2) is 0 Å². The molecule has 2 aromatic carbocycles. The summed E-state index contributed by atoms with van der Waals surface area (Å²) in [7, 11) is -2.81. The molecule has 1 unspecified atom stereocenters. The molecule has 8 heteroatoms. The molecular formula is C16H11NO6P+. The van der Waals surface area contributed by atoms with E-state index in [1.165, 1.54) is 18.2 Å². The first-order valence-corrected chi connectivity index (χ1v) is 8.02. The van der Waals surface area contributed by atoms with Crippen LogP contribution in [0.3, 0.4) is 0 Å². The summed E-state index contributed by atoms with van der Waals surface area (Å²) in [6, 6.07) is 10.7. The van der Waals surface area contributed by atoms with Gasteiger partial charge in [-0.3, -0.25) is 14.4 Å². The van der Waals surface area contributed by atoms with Crippen molar-refractivity contribution in [2.75, 3.05) is 6.73 Å². The Labute approximate surface area is 137 Å². The van der Waals surface area contributed by atoms with Crippen molar-refractivity contribution in [3.63, 3.8) is 0 Å². The van der Waals surface area contributed by atoms with E-state index in [0.717, 1.165) is 0 Å². The highest BCUT2D eigenvalue weighted by molar-refractivity contribution is 7.32. The summed E-state index contributed by atoms with van der Waals surface area (Å²) in [5, 5.41) is 2.28. The molecule has 120 valence electrons. The van der Waals surface area contributed by atoms with Crippen molar-refractivity contribution in [1.29, 1.82) is 0 Å². The van der Waals surface area contributed by atoms with Crippen LogP contribution in [0.1, 0.15) is 42.2 Å². The van der Waals surface area contributed by atoms with Crippen molar-refractivity contribution in [1.82, 2.24) is 5.32 Å². The summed E-state index contributed by atoms with van der Waals surface area (Å²) >= 11 is 0. The van der Waals surface area contributed by atoms with E-state index in [-0.39, 0.29) is 28.3 Å². The molecule has 24 heavy (non-hydrogen) atoms. The number of amides is 1. The van der Waals surface area contributed by atoms with Crippen LogP contribution in [0.4, 0.5) is 0 Å². The topological polar surface area (TPSA) is 110 Å². The van der Waals surface area contributed by atoms with E-state index in [2.05, 4.69) is 9.84 Å². The molecule has 0 aliphatic heterocycles. The zero-order valence-corrected chi connectivity index (χ0v) is 13.1. The van der Waals surface area contributed by atoms with Crippen molar-refractivity contribution >= 4 is 25.7 Å². The van der Waals surface area contributed by atoms with Crippen LogP contribution in [0.15, 0.2) is 42.5 Å². The third-order valence-corrected chi connectivity index (χ3v) is 3.95. The molecule has 3 rings (SSSR count). The number of rotatable bonds is 4. The van der Waals surface area contributed by atoms with Crippen LogP contribution in [0.5, 0.6) is 0 Å². The van der Waals surface area contributed by atoms with Crippen molar-refractivity contribution in [2.45, 2.75) is 0 Å². The van der Waals surface area contributed by atoms with Crippen LogP contribution < -0.4 is 5.32 Å². The second-order valence-corrected chi connectivity index (χ2v) is 5.72. The molecule has 0 bridgehead atoms. The Morgan fingerprint density at radius 2 is 1.58 bits per heavy atom. The molecule has 0 heterocycles. The number of benzene rings is 2. The van der Waals surface area contributed by atoms with Gasteiger partial charge in [-0.15, -0.1) is 4.89 Å². The van der Waals surface area contributed by atoms with Gasteiger partial charge in [0.25, 0.3) is 5.91 Å². The minimum Gasteiger partial charge on any atom is -0.325 e. The standard InChI is InChI=1S/C16H10NO6P/c18-14-10-3-1-2-4-11(10)15(19)13-7-9(5-6-12(13)14)16(20)17-8-23-24(21)22/h1-7H,8H2,(H-,17,20,21,22)/p+1. The fourth-order valence-corrected chi connectivity index (χ4v) is 2.67. The second kappa shape index (κ2) is 6.41. The molecule has 1 aliphatic carbocycles. The Balaban J connectivity index is 1.91. The summed E-state index contributed by atoms with van der Waals surface area (Å²) in [5.41, 5.74) is 1.18. The minimum absolute atomic E-state index is 0.144. The second-order valence-electron chi connectivity index (χ2n) is 4.98. The minimum atomic E-state index is -2.81. The first-order chi connectivity index (χ1) is 11.5. The highest BCUT2D eigenvalue weighted by atomic mass is 31.1. The molecule has 0 aromatic heterocycles. The van der Waals surface area contributed by atoms with Crippen LogP contribution in [0, 0.1) is 0 Å². The van der Waals surface area contributed by atoms with Crippen molar-refractivity contribution in [3.8, 4) is 0 Å². The van der Waals surface area contributed by atoms with E-state index >= 15 is 0 Å². The maximum atomic E-state index is 12.6. The third-order valence-electron chi connectivity index (χ3n) is 3.60. The largest absolute Gasteiger partial charge is 0.696 e. The van der Waals surface area contributed by atoms with Gasteiger partial charge >= 0.3 is 8.25 Å². The average molecular weight is 344 g/mol. The molecule has 0 spiro atoms. The number of fused-ring (bicyclic) bond motifs is 2. The fourth-order valence-electron chi connectivity index (χ4n) is 2.50. The summed E-state index contributed by atoms with van der Waals surface area (Å²) < 4.78 is 14.7. The zero-order chi connectivity index (χ0) is 17.3. The molecule has 1 atom stereocenters. The number of carbonyl (C=O) groups is 3. The molecule has 7 nitrogen and oxygen atoms in total. The lowest BCUT2D eigenvalue weighted by Gasteiger charge is -2.17. The summed E-state index contributed by atoms with van der Waals surface area (Å²) in [5.74, 6) is -1.19. The van der Waals surface area contributed by atoms with Gasteiger partial charge in [0.05, 0.1) is 0 Å². The molecule has 0 radical (unpaired) electrons. The SMILES string of the molecule is O=C(NCO[P+](=O)O)c1ccc2c(c1)C(=O)c1ccccc1C2=O. The van der Waals surface area contributed by atoms with Crippen LogP contribution >= 0.6 is 8.25 Å². The predicted octanol–water partition coefficient (Wildman–Crippen LogP) is 1.82. The van der Waals surface area contributed by atoms with Gasteiger partial charge in [0.2, 0.25) is 0 Å². The van der Waals surface area contributed by atoms with E-state index in [9.17, 15) is 18.9 Å². The van der Waals surface area contributed by atoms with Crippen LogP contribution in [-0.2, 0) is 9.09 Å². The smallest absolute Gasteiger partial charge is 0.325 e. The van der Waals surface area contributed by atoms with Crippen LogP contribution in [0.25, 0.3) is 0 Å². The molecule has 0 fully saturated rings. The predicted molar refractivity (Wildman–Crippen MR) is 83.0 cm³/mol. The van der Waals surface area contributed by atoms with Crippen molar-refractivity contribution < 1.29 is 28.4 Å². The lowest BCUT2D eigenvalue weighted by molar-refractivity contribution is 0.0917. The number of hydrogen-bond acceptors (Lipinski definition) is 5. The molecule has 1 aliphatic rings. The first kappa shape index (κ1) is 16.1. The fraction of sp³-hybridized carbons (Fsp3) is 0.0625. The van der Waals surface area contributed by atoms with E-state index in [1.54, 1.807) is 24.3 Å². The number of hydrogen-bond donors (Lipinski definition) is 2. The first-order valence-electron chi connectivity index (χ1n) is 6.89. The number of ketones is 2. The Morgan fingerprint density at radius 1 is 1.00 bits per heavy atom.